The highest BCUT2D eigenvalue weighted by Gasteiger charge is 2.26. The van der Waals surface area contributed by atoms with Crippen LogP contribution in [0.25, 0.3) is 0 Å². The fraction of sp³-hybridized carbons (Fsp3) is 0.435. The largest absolute Gasteiger partial charge is 0.489 e. The van der Waals surface area contributed by atoms with Gasteiger partial charge in [-0.1, -0.05) is 52.3 Å². The highest BCUT2D eigenvalue weighted by atomic mass is 79.9. The number of nitrogens with zero attached hydrogens (tertiary/aromatic N) is 1. The molecule has 0 saturated carbocycles. The summed E-state index contributed by atoms with van der Waals surface area (Å²) in [7, 11) is 0. The molecule has 5 nitrogen and oxygen atoms in total. The lowest BCUT2D eigenvalue weighted by molar-refractivity contribution is 0.0505. The summed E-state index contributed by atoms with van der Waals surface area (Å²) in [5.74, 6) is 0.843. The van der Waals surface area contributed by atoms with E-state index in [0.29, 0.717) is 6.61 Å². The number of carbonyl (C=O) groups is 1. The van der Waals surface area contributed by atoms with E-state index in [4.69, 9.17) is 9.47 Å². The third-order valence-corrected chi connectivity index (χ3v) is 5.40. The second-order valence-electron chi connectivity index (χ2n) is 8.39. The fourth-order valence-electron chi connectivity index (χ4n) is 3.30. The maximum Gasteiger partial charge on any atom is 0.407 e. The zero-order valence-corrected chi connectivity index (χ0v) is 18.9. The minimum Gasteiger partial charge on any atom is -0.489 e. The van der Waals surface area contributed by atoms with Gasteiger partial charge in [0.2, 0.25) is 0 Å². The number of ether oxygens (including phenoxy) is 2. The van der Waals surface area contributed by atoms with Crippen molar-refractivity contribution >= 4 is 22.0 Å². The summed E-state index contributed by atoms with van der Waals surface area (Å²) in [4.78, 5) is 14.3. The summed E-state index contributed by atoms with van der Waals surface area (Å²) < 4.78 is 12.3. The van der Waals surface area contributed by atoms with Crippen LogP contribution in [0, 0.1) is 0 Å². The average molecular weight is 461 g/mol. The van der Waals surface area contributed by atoms with E-state index < -0.39 is 5.60 Å². The second-order valence-corrected chi connectivity index (χ2v) is 9.25. The average Bonchev–Trinajstić information content (AvgIpc) is 3.08. The van der Waals surface area contributed by atoms with Gasteiger partial charge in [-0.15, -0.1) is 0 Å². The van der Waals surface area contributed by atoms with E-state index in [1.54, 1.807) is 0 Å². The Hall–Kier alpha value is -2.05. The zero-order valence-electron chi connectivity index (χ0n) is 17.3. The maximum absolute atomic E-state index is 12.0. The number of halogens is 1. The number of alkyl carbamates (subject to hydrolysis) is 1. The molecule has 2 aromatic carbocycles. The lowest BCUT2D eigenvalue weighted by Gasteiger charge is -2.22. The number of carbonyl (C=O) groups excluding carboxylic acids is 1. The van der Waals surface area contributed by atoms with Crippen molar-refractivity contribution in [2.24, 2.45) is 0 Å². The van der Waals surface area contributed by atoms with Crippen molar-refractivity contribution < 1.29 is 14.3 Å². The molecule has 0 aliphatic carbocycles. The van der Waals surface area contributed by atoms with E-state index in [9.17, 15) is 4.79 Å². The first-order chi connectivity index (χ1) is 13.8. The van der Waals surface area contributed by atoms with Gasteiger partial charge in [0.25, 0.3) is 0 Å². The minimum absolute atomic E-state index is 0.122. The summed E-state index contributed by atoms with van der Waals surface area (Å²) >= 11 is 3.67. The van der Waals surface area contributed by atoms with Gasteiger partial charge in [0.05, 0.1) is 0 Å². The molecule has 1 aliphatic rings. The van der Waals surface area contributed by atoms with Crippen LogP contribution in [0.15, 0.2) is 53.0 Å². The SMILES string of the molecule is CC(C)(C)OC(=O)NC1CCN(Cc2ccc(OCc3ccccc3)cc2Br)C1. The van der Waals surface area contributed by atoms with Crippen LogP contribution in [0.5, 0.6) is 5.75 Å². The lowest BCUT2D eigenvalue weighted by Crippen LogP contribution is -2.40. The van der Waals surface area contributed by atoms with Crippen LogP contribution in [0.1, 0.15) is 38.3 Å². The van der Waals surface area contributed by atoms with Gasteiger partial charge < -0.3 is 14.8 Å². The predicted octanol–water partition coefficient (Wildman–Crippen LogP) is 5.13. The molecule has 0 spiro atoms. The molecule has 156 valence electrons. The predicted molar refractivity (Wildman–Crippen MR) is 118 cm³/mol. The fourth-order valence-corrected chi connectivity index (χ4v) is 3.78. The van der Waals surface area contributed by atoms with E-state index in [1.165, 1.54) is 5.56 Å². The Labute approximate surface area is 181 Å². The first-order valence-corrected chi connectivity index (χ1v) is 10.7. The van der Waals surface area contributed by atoms with E-state index in [-0.39, 0.29) is 12.1 Å². The first kappa shape index (κ1) is 21.7. The van der Waals surface area contributed by atoms with Gasteiger partial charge in [0.1, 0.15) is 18.0 Å². The van der Waals surface area contributed by atoms with Gasteiger partial charge in [-0.2, -0.15) is 0 Å². The number of hydrogen-bond acceptors (Lipinski definition) is 4. The van der Waals surface area contributed by atoms with Gasteiger partial charge >= 0.3 is 6.09 Å². The number of likely N-dealkylation sites (tertiary alicyclic amines) is 1. The quantitative estimate of drug-likeness (QED) is 0.649. The highest BCUT2D eigenvalue weighted by molar-refractivity contribution is 9.10. The van der Waals surface area contributed by atoms with Crippen molar-refractivity contribution in [1.82, 2.24) is 10.2 Å². The number of hydrogen-bond donors (Lipinski definition) is 1. The van der Waals surface area contributed by atoms with Gasteiger partial charge in [-0.25, -0.2) is 4.79 Å². The van der Waals surface area contributed by atoms with Crippen LogP contribution in [-0.2, 0) is 17.9 Å². The van der Waals surface area contributed by atoms with E-state index in [1.807, 2.05) is 51.1 Å². The summed E-state index contributed by atoms with van der Waals surface area (Å²) in [6.07, 6.45) is 0.584. The second kappa shape index (κ2) is 9.63. The van der Waals surface area contributed by atoms with Crippen LogP contribution in [0.2, 0.25) is 0 Å². The standard InChI is InChI=1S/C23H29BrN2O3/c1-23(2,3)29-22(27)25-19-11-12-26(15-19)14-18-9-10-20(13-21(18)24)28-16-17-7-5-4-6-8-17/h4-10,13,19H,11-12,14-16H2,1-3H3,(H,25,27). The number of benzene rings is 2. The highest BCUT2D eigenvalue weighted by Crippen LogP contribution is 2.26. The molecule has 1 atom stereocenters. The van der Waals surface area contributed by atoms with Crippen molar-refractivity contribution in [3.8, 4) is 5.75 Å². The lowest BCUT2D eigenvalue weighted by atomic mass is 10.2. The van der Waals surface area contributed by atoms with Crippen molar-refractivity contribution in [3.05, 3.63) is 64.1 Å². The maximum atomic E-state index is 12.0. The van der Waals surface area contributed by atoms with Crippen LogP contribution in [0.3, 0.4) is 0 Å². The molecule has 29 heavy (non-hydrogen) atoms. The molecule has 1 N–H and O–H groups in total. The Bertz CT molecular complexity index is 821. The van der Waals surface area contributed by atoms with Crippen LogP contribution < -0.4 is 10.1 Å². The molecule has 6 heteroatoms. The van der Waals surface area contributed by atoms with Gasteiger partial charge in [0.15, 0.2) is 0 Å². The molecule has 2 aromatic rings. The van der Waals surface area contributed by atoms with Crippen molar-refractivity contribution in [2.45, 2.75) is 52.0 Å². The number of nitrogens with one attached hydrogen (secondary N) is 1. The molecular formula is C23H29BrN2O3. The van der Waals surface area contributed by atoms with Crippen molar-refractivity contribution in [3.63, 3.8) is 0 Å². The van der Waals surface area contributed by atoms with Gasteiger partial charge in [-0.3, -0.25) is 4.90 Å². The zero-order chi connectivity index (χ0) is 20.9. The van der Waals surface area contributed by atoms with Crippen molar-refractivity contribution in [1.29, 1.82) is 0 Å². The first-order valence-electron chi connectivity index (χ1n) is 9.95. The third kappa shape index (κ3) is 7.05. The molecule has 1 amide bonds. The van der Waals surface area contributed by atoms with Crippen LogP contribution in [-0.4, -0.2) is 35.7 Å². The Kier molecular flexibility index (Phi) is 7.19. The molecule has 0 aromatic heterocycles. The molecule has 1 saturated heterocycles. The molecule has 1 heterocycles. The number of amides is 1. The minimum atomic E-state index is -0.475. The van der Waals surface area contributed by atoms with Crippen LogP contribution >= 0.6 is 15.9 Å². The van der Waals surface area contributed by atoms with Gasteiger partial charge in [-0.05, 0) is 50.5 Å². The van der Waals surface area contributed by atoms with E-state index >= 15 is 0 Å². The molecule has 1 fully saturated rings. The summed E-state index contributed by atoms with van der Waals surface area (Å²) in [5.41, 5.74) is 1.88. The van der Waals surface area contributed by atoms with Gasteiger partial charge in [0, 0.05) is 30.1 Å². The summed E-state index contributed by atoms with van der Waals surface area (Å²) in [5, 5.41) is 2.97. The summed E-state index contributed by atoms with van der Waals surface area (Å²) in [6, 6.07) is 16.4. The third-order valence-electron chi connectivity index (χ3n) is 4.66. The molecule has 0 radical (unpaired) electrons. The van der Waals surface area contributed by atoms with E-state index in [0.717, 1.165) is 41.8 Å². The Morgan fingerprint density at radius 3 is 2.66 bits per heavy atom. The molecule has 1 aliphatic heterocycles. The number of rotatable bonds is 6. The molecule has 3 rings (SSSR count). The normalized spacial score (nSPS) is 17.2. The Morgan fingerprint density at radius 1 is 1.21 bits per heavy atom. The molecule has 1 unspecified atom stereocenters. The van der Waals surface area contributed by atoms with Crippen molar-refractivity contribution in [2.75, 3.05) is 13.1 Å². The van der Waals surface area contributed by atoms with Crippen LogP contribution in [0.4, 0.5) is 4.79 Å². The van der Waals surface area contributed by atoms with E-state index in [2.05, 4.69) is 44.3 Å². The topological polar surface area (TPSA) is 50.8 Å². The Balaban J connectivity index is 1.48. The smallest absolute Gasteiger partial charge is 0.407 e. The molecular weight excluding hydrogens is 432 g/mol. The summed E-state index contributed by atoms with van der Waals surface area (Å²) in [6.45, 7) is 8.76. The molecule has 0 bridgehead atoms. The monoisotopic (exact) mass is 460 g/mol. The Morgan fingerprint density at radius 2 is 1.97 bits per heavy atom.